The summed E-state index contributed by atoms with van der Waals surface area (Å²) >= 11 is 0. The van der Waals surface area contributed by atoms with Crippen molar-refractivity contribution in [3.63, 3.8) is 0 Å². The quantitative estimate of drug-likeness (QED) is 0.710. The predicted octanol–water partition coefficient (Wildman–Crippen LogP) is 1.22. The first-order chi connectivity index (χ1) is 7.25. The van der Waals surface area contributed by atoms with Gasteiger partial charge in [0.25, 0.3) is 0 Å². The summed E-state index contributed by atoms with van der Waals surface area (Å²) in [5, 5.41) is 3.11. The van der Waals surface area contributed by atoms with E-state index in [4.69, 9.17) is 4.74 Å². The van der Waals surface area contributed by atoms with Crippen molar-refractivity contribution >= 4 is 6.03 Å². The molecule has 0 aromatic heterocycles. The minimum absolute atomic E-state index is 0.0948. The average molecular weight is 212 g/mol. The molecule has 86 valence electrons. The van der Waals surface area contributed by atoms with Crippen LogP contribution in [0.15, 0.2) is 0 Å². The molecule has 0 spiro atoms. The van der Waals surface area contributed by atoms with Gasteiger partial charge in [-0.2, -0.15) is 0 Å². The van der Waals surface area contributed by atoms with Crippen molar-refractivity contribution in [1.29, 1.82) is 0 Å². The summed E-state index contributed by atoms with van der Waals surface area (Å²) in [7, 11) is 0. The van der Waals surface area contributed by atoms with Gasteiger partial charge in [0.05, 0.1) is 13.2 Å². The van der Waals surface area contributed by atoms with Gasteiger partial charge < -0.3 is 15.0 Å². The van der Waals surface area contributed by atoms with Crippen molar-refractivity contribution < 1.29 is 9.53 Å². The Kier molecular flexibility index (Phi) is 3.46. The highest BCUT2D eigenvalue weighted by Crippen LogP contribution is 2.24. The van der Waals surface area contributed by atoms with E-state index < -0.39 is 0 Å². The molecule has 1 saturated carbocycles. The van der Waals surface area contributed by atoms with Crippen molar-refractivity contribution in [3.05, 3.63) is 0 Å². The number of amides is 2. The summed E-state index contributed by atoms with van der Waals surface area (Å²) in [5.74, 6) is 0.764. The van der Waals surface area contributed by atoms with E-state index in [0.717, 1.165) is 31.8 Å². The van der Waals surface area contributed by atoms with Crippen LogP contribution in [0.5, 0.6) is 0 Å². The molecule has 15 heavy (non-hydrogen) atoms. The Morgan fingerprint density at radius 2 is 2.07 bits per heavy atom. The van der Waals surface area contributed by atoms with Gasteiger partial charge in [0.2, 0.25) is 0 Å². The zero-order valence-corrected chi connectivity index (χ0v) is 9.37. The molecular formula is C11H20N2O2. The van der Waals surface area contributed by atoms with Crippen LogP contribution in [0.1, 0.15) is 26.2 Å². The Bertz CT molecular complexity index is 227. The lowest BCUT2D eigenvalue weighted by molar-refractivity contribution is 0.0525. The van der Waals surface area contributed by atoms with Crippen LogP contribution in [0.25, 0.3) is 0 Å². The van der Waals surface area contributed by atoms with Crippen LogP contribution < -0.4 is 5.32 Å². The third kappa shape index (κ3) is 2.84. The summed E-state index contributed by atoms with van der Waals surface area (Å²) in [6.45, 7) is 5.06. The number of ether oxygens (including phenoxy) is 1. The molecule has 2 aliphatic rings. The predicted molar refractivity (Wildman–Crippen MR) is 57.7 cm³/mol. The molecule has 4 heteroatoms. The van der Waals surface area contributed by atoms with Crippen LogP contribution in [0.3, 0.4) is 0 Å². The number of urea groups is 1. The zero-order chi connectivity index (χ0) is 10.7. The second-order valence-corrected chi connectivity index (χ2v) is 4.66. The third-order valence-electron chi connectivity index (χ3n) is 3.32. The maximum Gasteiger partial charge on any atom is 0.317 e. The number of carbonyl (C=O) groups excluding carboxylic acids is 1. The summed E-state index contributed by atoms with van der Waals surface area (Å²) in [4.78, 5) is 13.7. The van der Waals surface area contributed by atoms with E-state index in [1.165, 1.54) is 6.42 Å². The maximum absolute atomic E-state index is 11.8. The van der Waals surface area contributed by atoms with E-state index in [9.17, 15) is 4.79 Å². The number of rotatable bonds is 1. The van der Waals surface area contributed by atoms with Gasteiger partial charge in [0, 0.05) is 19.1 Å². The smallest absolute Gasteiger partial charge is 0.317 e. The number of hydrogen-bond acceptors (Lipinski definition) is 2. The van der Waals surface area contributed by atoms with E-state index in [2.05, 4.69) is 12.2 Å². The van der Waals surface area contributed by atoms with Gasteiger partial charge in [-0.1, -0.05) is 6.92 Å². The molecule has 2 unspecified atom stereocenters. The van der Waals surface area contributed by atoms with Crippen molar-refractivity contribution in [2.75, 3.05) is 26.3 Å². The fourth-order valence-corrected chi connectivity index (χ4v) is 2.37. The molecule has 1 N–H and O–H groups in total. The van der Waals surface area contributed by atoms with Crippen molar-refractivity contribution in [3.8, 4) is 0 Å². The molecule has 0 aromatic carbocycles. The lowest BCUT2D eigenvalue weighted by atomic mass is 10.1. The second-order valence-electron chi connectivity index (χ2n) is 4.66. The minimum atomic E-state index is 0.0948. The molecule has 1 aliphatic heterocycles. The normalized spacial score (nSPS) is 31.7. The van der Waals surface area contributed by atoms with E-state index in [0.29, 0.717) is 19.3 Å². The van der Waals surface area contributed by atoms with Gasteiger partial charge in [-0.3, -0.25) is 0 Å². The second kappa shape index (κ2) is 4.84. The van der Waals surface area contributed by atoms with Gasteiger partial charge in [0.1, 0.15) is 0 Å². The Morgan fingerprint density at radius 1 is 1.33 bits per heavy atom. The Balaban J connectivity index is 1.76. The molecule has 2 fully saturated rings. The molecule has 0 bridgehead atoms. The molecule has 2 rings (SSSR count). The number of morpholine rings is 1. The highest BCUT2D eigenvalue weighted by molar-refractivity contribution is 5.74. The SMILES string of the molecule is CC1CCC(NC(=O)N2CCOCC2)C1. The van der Waals surface area contributed by atoms with Crippen LogP contribution in [0, 0.1) is 5.92 Å². The zero-order valence-electron chi connectivity index (χ0n) is 9.37. The van der Waals surface area contributed by atoms with Crippen LogP contribution in [-0.4, -0.2) is 43.3 Å². The van der Waals surface area contributed by atoms with E-state index in [1.54, 1.807) is 0 Å². The molecule has 1 aliphatic carbocycles. The standard InChI is InChI=1S/C11H20N2O2/c1-9-2-3-10(8-9)12-11(14)13-4-6-15-7-5-13/h9-10H,2-8H2,1H3,(H,12,14). The number of nitrogens with zero attached hydrogens (tertiary/aromatic N) is 1. The fraction of sp³-hybridized carbons (Fsp3) is 0.909. The van der Waals surface area contributed by atoms with E-state index >= 15 is 0 Å². The maximum atomic E-state index is 11.8. The van der Waals surface area contributed by atoms with Crippen LogP contribution >= 0.6 is 0 Å². The first kappa shape index (κ1) is 10.7. The first-order valence-corrected chi connectivity index (χ1v) is 5.89. The molecule has 4 nitrogen and oxygen atoms in total. The summed E-state index contributed by atoms with van der Waals surface area (Å²) in [6, 6.07) is 0.493. The number of hydrogen-bond donors (Lipinski definition) is 1. The molecule has 1 heterocycles. The first-order valence-electron chi connectivity index (χ1n) is 5.89. The Hall–Kier alpha value is -0.770. The molecule has 0 aromatic rings. The van der Waals surface area contributed by atoms with E-state index in [-0.39, 0.29) is 6.03 Å². The molecule has 2 amide bonds. The molecule has 1 saturated heterocycles. The van der Waals surface area contributed by atoms with Crippen molar-refractivity contribution in [2.24, 2.45) is 5.92 Å². The van der Waals surface area contributed by atoms with E-state index in [1.807, 2.05) is 4.90 Å². The molecule has 2 atom stereocenters. The monoisotopic (exact) mass is 212 g/mol. The minimum Gasteiger partial charge on any atom is -0.378 e. The Labute approximate surface area is 91.0 Å². The summed E-state index contributed by atoms with van der Waals surface area (Å²) < 4.78 is 5.22. The lowest BCUT2D eigenvalue weighted by Crippen LogP contribution is -2.48. The molecule has 0 radical (unpaired) electrons. The largest absolute Gasteiger partial charge is 0.378 e. The number of nitrogens with one attached hydrogen (secondary N) is 1. The highest BCUT2D eigenvalue weighted by atomic mass is 16.5. The van der Waals surface area contributed by atoms with Crippen molar-refractivity contribution in [2.45, 2.75) is 32.2 Å². The number of carbonyl (C=O) groups is 1. The summed E-state index contributed by atoms with van der Waals surface area (Å²) in [6.07, 6.45) is 3.52. The van der Waals surface area contributed by atoms with Gasteiger partial charge in [0.15, 0.2) is 0 Å². The van der Waals surface area contributed by atoms with Gasteiger partial charge >= 0.3 is 6.03 Å². The highest BCUT2D eigenvalue weighted by Gasteiger charge is 2.25. The summed E-state index contributed by atoms with van der Waals surface area (Å²) in [5.41, 5.74) is 0. The fourth-order valence-electron chi connectivity index (χ4n) is 2.37. The van der Waals surface area contributed by atoms with Crippen molar-refractivity contribution in [1.82, 2.24) is 10.2 Å². The van der Waals surface area contributed by atoms with Gasteiger partial charge in [-0.15, -0.1) is 0 Å². The van der Waals surface area contributed by atoms with Gasteiger partial charge in [-0.05, 0) is 25.2 Å². The molecular weight excluding hydrogens is 192 g/mol. The van der Waals surface area contributed by atoms with Gasteiger partial charge in [-0.25, -0.2) is 4.79 Å². The average Bonchev–Trinajstić information content (AvgIpc) is 2.65. The van der Waals surface area contributed by atoms with Crippen LogP contribution in [-0.2, 0) is 4.74 Å². The van der Waals surface area contributed by atoms with Crippen LogP contribution in [0.4, 0.5) is 4.79 Å². The van der Waals surface area contributed by atoms with Crippen LogP contribution in [0.2, 0.25) is 0 Å². The lowest BCUT2D eigenvalue weighted by Gasteiger charge is -2.28. The Morgan fingerprint density at radius 3 is 2.67 bits per heavy atom. The third-order valence-corrected chi connectivity index (χ3v) is 3.32. The topological polar surface area (TPSA) is 41.6 Å².